The summed E-state index contributed by atoms with van der Waals surface area (Å²) in [6.45, 7) is 0. The second-order valence-electron chi connectivity index (χ2n) is 3.97. The monoisotopic (exact) mass is 256 g/mol. The van der Waals surface area contributed by atoms with Gasteiger partial charge in [-0.15, -0.1) is 0 Å². The van der Waals surface area contributed by atoms with Crippen molar-refractivity contribution in [2.45, 2.75) is 0 Å². The van der Waals surface area contributed by atoms with Crippen LogP contribution in [0.15, 0.2) is 0 Å². The van der Waals surface area contributed by atoms with Crippen molar-refractivity contribution in [3.05, 3.63) is 0 Å². The maximum atomic E-state index is 11.5. The Morgan fingerprint density at radius 3 is 1.17 bits per heavy atom. The molecule has 1 fully saturated rings. The molecule has 100 valence electrons. The summed E-state index contributed by atoms with van der Waals surface area (Å²) in [5.74, 6) is -10.4. The van der Waals surface area contributed by atoms with E-state index in [9.17, 15) is 29.4 Å². The number of amides is 2. The van der Waals surface area contributed by atoms with Gasteiger partial charge in [0.15, 0.2) is 0 Å². The zero-order valence-corrected chi connectivity index (χ0v) is 9.76. The second-order valence-corrected chi connectivity index (χ2v) is 3.97. The lowest BCUT2D eigenvalue weighted by molar-refractivity contribution is -0.333. The van der Waals surface area contributed by atoms with Crippen molar-refractivity contribution in [1.29, 1.82) is 0 Å². The average molecular weight is 256 g/mol. The number of rotatable bonds is 4. The zero-order valence-electron chi connectivity index (χ0n) is 9.76. The van der Waals surface area contributed by atoms with Crippen molar-refractivity contribution in [3.8, 4) is 0 Å². The summed E-state index contributed by atoms with van der Waals surface area (Å²) in [5, 5.41) is 26.2. The summed E-state index contributed by atoms with van der Waals surface area (Å²) in [4.78, 5) is 44.8. The SMILES string of the molecule is CNC(=O)C1C(C(=O)[O-])C(C(=O)NC)C1C(=O)[O-]. The highest BCUT2D eigenvalue weighted by molar-refractivity contribution is 5.98. The van der Waals surface area contributed by atoms with Gasteiger partial charge in [-0.1, -0.05) is 0 Å². The highest BCUT2D eigenvalue weighted by Crippen LogP contribution is 2.46. The van der Waals surface area contributed by atoms with Gasteiger partial charge in [-0.3, -0.25) is 9.59 Å². The Kier molecular flexibility index (Phi) is 3.89. The summed E-state index contributed by atoms with van der Waals surface area (Å²) in [6, 6.07) is 0. The predicted octanol–water partition coefficient (Wildman–Crippen LogP) is -4.54. The average Bonchev–Trinajstić information content (AvgIpc) is 2.25. The largest absolute Gasteiger partial charge is 0.550 e. The Labute approximate surface area is 102 Å². The van der Waals surface area contributed by atoms with E-state index in [0.717, 1.165) is 0 Å². The Hall–Kier alpha value is -2.12. The van der Waals surface area contributed by atoms with Crippen LogP contribution >= 0.6 is 0 Å². The minimum absolute atomic E-state index is 0.765. The molecule has 1 saturated carbocycles. The fourth-order valence-electron chi connectivity index (χ4n) is 2.32. The van der Waals surface area contributed by atoms with Crippen molar-refractivity contribution in [2.24, 2.45) is 23.7 Å². The Morgan fingerprint density at radius 2 is 1.00 bits per heavy atom. The van der Waals surface area contributed by atoms with Gasteiger partial charge in [-0.2, -0.15) is 0 Å². The third-order valence-electron chi connectivity index (χ3n) is 3.19. The van der Waals surface area contributed by atoms with E-state index in [1.807, 2.05) is 0 Å². The molecule has 0 spiro atoms. The van der Waals surface area contributed by atoms with Crippen LogP contribution in [0.1, 0.15) is 0 Å². The molecule has 0 aromatic heterocycles. The van der Waals surface area contributed by atoms with Gasteiger partial charge in [0.1, 0.15) is 0 Å². The minimum atomic E-state index is -1.63. The fraction of sp³-hybridized carbons (Fsp3) is 0.600. The first-order valence-electron chi connectivity index (χ1n) is 5.21. The first-order valence-corrected chi connectivity index (χ1v) is 5.21. The normalized spacial score (nSPS) is 29.9. The molecule has 1 aliphatic rings. The topological polar surface area (TPSA) is 138 Å². The van der Waals surface area contributed by atoms with Gasteiger partial charge >= 0.3 is 0 Å². The van der Waals surface area contributed by atoms with Crippen LogP contribution in [0, 0.1) is 23.7 Å². The molecule has 0 aromatic carbocycles. The van der Waals surface area contributed by atoms with Gasteiger partial charge in [0.25, 0.3) is 0 Å². The van der Waals surface area contributed by atoms with E-state index in [1.54, 1.807) is 0 Å². The molecule has 8 heteroatoms. The standard InChI is InChI=1S/C10H14N2O6/c1-11-7(13)3-5(9(15)16)4(8(14)12-2)6(3)10(17)18/h3-6H,1-2H3,(H,11,13)(H,12,14)(H,15,16)(H,17,18)/p-2. The van der Waals surface area contributed by atoms with Gasteiger partial charge in [0, 0.05) is 37.9 Å². The van der Waals surface area contributed by atoms with Crippen LogP contribution in [0.5, 0.6) is 0 Å². The first kappa shape index (κ1) is 13.9. The molecule has 0 unspecified atom stereocenters. The summed E-state index contributed by atoms with van der Waals surface area (Å²) in [7, 11) is 2.49. The highest BCUT2D eigenvalue weighted by Gasteiger charge is 2.57. The molecule has 0 aliphatic heterocycles. The van der Waals surface area contributed by atoms with Gasteiger partial charge in [0.2, 0.25) is 11.8 Å². The maximum absolute atomic E-state index is 11.5. The smallest absolute Gasteiger partial charge is 0.224 e. The van der Waals surface area contributed by atoms with Crippen molar-refractivity contribution in [2.75, 3.05) is 14.1 Å². The van der Waals surface area contributed by atoms with Crippen LogP contribution in [-0.2, 0) is 19.2 Å². The predicted molar refractivity (Wildman–Crippen MR) is 52.1 cm³/mol. The van der Waals surface area contributed by atoms with Crippen molar-refractivity contribution in [1.82, 2.24) is 10.6 Å². The van der Waals surface area contributed by atoms with Crippen LogP contribution < -0.4 is 20.8 Å². The van der Waals surface area contributed by atoms with Gasteiger partial charge in [-0.25, -0.2) is 0 Å². The number of carboxylic acids is 2. The molecule has 2 N–H and O–H groups in total. The minimum Gasteiger partial charge on any atom is -0.550 e. The first-order chi connectivity index (χ1) is 8.36. The zero-order chi connectivity index (χ0) is 14.0. The number of carbonyl (C=O) groups excluding carboxylic acids is 4. The van der Waals surface area contributed by atoms with E-state index >= 15 is 0 Å². The van der Waals surface area contributed by atoms with E-state index in [-0.39, 0.29) is 0 Å². The molecule has 0 aromatic rings. The molecule has 0 atom stereocenters. The van der Waals surface area contributed by atoms with E-state index in [0.29, 0.717) is 0 Å². The van der Waals surface area contributed by atoms with Gasteiger partial charge in [0.05, 0.1) is 11.8 Å². The third kappa shape index (κ3) is 2.01. The van der Waals surface area contributed by atoms with Gasteiger partial charge < -0.3 is 30.4 Å². The number of nitrogens with one attached hydrogen (secondary N) is 2. The van der Waals surface area contributed by atoms with Crippen LogP contribution in [0.25, 0.3) is 0 Å². The van der Waals surface area contributed by atoms with Crippen LogP contribution in [0.2, 0.25) is 0 Å². The highest BCUT2D eigenvalue weighted by atomic mass is 16.4. The molecule has 8 nitrogen and oxygen atoms in total. The number of aliphatic carboxylic acids is 2. The number of hydrogen-bond acceptors (Lipinski definition) is 6. The molecule has 0 radical (unpaired) electrons. The number of carboxylic acid groups (broad SMARTS) is 2. The van der Waals surface area contributed by atoms with Crippen molar-refractivity contribution in [3.63, 3.8) is 0 Å². The summed E-state index contributed by atoms with van der Waals surface area (Å²) >= 11 is 0. The lowest BCUT2D eigenvalue weighted by Gasteiger charge is -2.50. The van der Waals surface area contributed by atoms with Crippen LogP contribution in [0.4, 0.5) is 0 Å². The molecule has 1 rings (SSSR count). The summed E-state index contributed by atoms with van der Waals surface area (Å²) < 4.78 is 0. The Morgan fingerprint density at radius 1 is 0.722 bits per heavy atom. The van der Waals surface area contributed by atoms with E-state index < -0.39 is 47.4 Å². The van der Waals surface area contributed by atoms with E-state index in [4.69, 9.17) is 0 Å². The quantitative estimate of drug-likeness (QED) is 0.519. The Bertz CT molecular complexity index is 361. The summed E-state index contributed by atoms with van der Waals surface area (Å²) in [6.07, 6.45) is 0. The van der Waals surface area contributed by atoms with E-state index in [1.165, 1.54) is 14.1 Å². The van der Waals surface area contributed by atoms with Crippen LogP contribution in [-0.4, -0.2) is 37.8 Å². The lowest BCUT2D eigenvalue weighted by atomic mass is 9.55. The lowest BCUT2D eigenvalue weighted by Crippen LogP contribution is -2.67. The van der Waals surface area contributed by atoms with Crippen LogP contribution in [0.3, 0.4) is 0 Å². The molecule has 18 heavy (non-hydrogen) atoms. The molecule has 1 aliphatic carbocycles. The van der Waals surface area contributed by atoms with Crippen molar-refractivity contribution >= 4 is 23.8 Å². The van der Waals surface area contributed by atoms with E-state index in [2.05, 4.69) is 10.6 Å². The fourth-order valence-corrected chi connectivity index (χ4v) is 2.32. The second kappa shape index (κ2) is 5.03. The summed E-state index contributed by atoms with van der Waals surface area (Å²) in [5.41, 5.74) is 0. The molecular weight excluding hydrogens is 244 g/mol. The molecule has 0 saturated heterocycles. The number of carbonyl (C=O) groups is 4. The molecule has 0 bridgehead atoms. The number of hydrogen-bond donors (Lipinski definition) is 2. The maximum Gasteiger partial charge on any atom is 0.224 e. The van der Waals surface area contributed by atoms with Gasteiger partial charge in [-0.05, 0) is 0 Å². The van der Waals surface area contributed by atoms with Crippen molar-refractivity contribution < 1.29 is 29.4 Å². The molecule has 2 amide bonds. The third-order valence-corrected chi connectivity index (χ3v) is 3.19. The Balaban J connectivity index is 3.10. The molecule has 0 heterocycles. The molecular formula is C10H12N2O6-2.